The molecule has 1 aliphatic heterocycles. The molecular weight excluding hydrogens is 276 g/mol. The Hall–Kier alpha value is -1.55. The van der Waals surface area contributed by atoms with Gasteiger partial charge in [-0.25, -0.2) is 0 Å². The number of amides is 2. The number of carbonyl (C=O) groups is 2. The minimum Gasteiger partial charge on any atom is -0.342 e. The smallest absolute Gasteiger partial charge is 0.243 e. The first-order chi connectivity index (χ1) is 9.63. The molecule has 1 unspecified atom stereocenters. The van der Waals surface area contributed by atoms with Crippen molar-refractivity contribution in [3.05, 3.63) is 34.9 Å². The first-order valence-corrected chi connectivity index (χ1v) is 7.35. The van der Waals surface area contributed by atoms with Crippen LogP contribution in [0.4, 0.5) is 0 Å². The number of halogens is 1. The van der Waals surface area contributed by atoms with Gasteiger partial charge in [0.05, 0.1) is 0 Å². The highest BCUT2D eigenvalue weighted by Gasteiger charge is 2.37. The number of hydrogen-bond donors (Lipinski definition) is 2. The van der Waals surface area contributed by atoms with E-state index in [1.165, 1.54) is 12.8 Å². The first-order valence-electron chi connectivity index (χ1n) is 6.97. The van der Waals surface area contributed by atoms with E-state index in [9.17, 15) is 9.59 Å². The van der Waals surface area contributed by atoms with E-state index in [0.717, 1.165) is 12.0 Å². The van der Waals surface area contributed by atoms with E-state index in [2.05, 4.69) is 10.6 Å². The van der Waals surface area contributed by atoms with Crippen molar-refractivity contribution in [3.8, 4) is 0 Å². The van der Waals surface area contributed by atoms with Crippen molar-refractivity contribution in [2.75, 3.05) is 0 Å². The fourth-order valence-corrected chi connectivity index (χ4v) is 2.77. The van der Waals surface area contributed by atoms with Gasteiger partial charge in [0.1, 0.15) is 12.1 Å². The Labute approximate surface area is 122 Å². The summed E-state index contributed by atoms with van der Waals surface area (Å²) in [6.07, 6.45) is 3.52. The molecular formula is C15H17ClN2O2. The van der Waals surface area contributed by atoms with Crippen LogP contribution in [-0.4, -0.2) is 23.9 Å². The Kier molecular flexibility index (Phi) is 3.66. The zero-order valence-corrected chi connectivity index (χ0v) is 11.8. The Morgan fingerprint density at radius 2 is 1.70 bits per heavy atom. The van der Waals surface area contributed by atoms with E-state index in [0.29, 0.717) is 17.4 Å². The topological polar surface area (TPSA) is 58.2 Å². The predicted molar refractivity (Wildman–Crippen MR) is 76.4 cm³/mol. The van der Waals surface area contributed by atoms with Gasteiger partial charge in [0.15, 0.2) is 0 Å². The molecule has 0 spiro atoms. The minimum absolute atomic E-state index is 0.0754. The van der Waals surface area contributed by atoms with Gasteiger partial charge in [-0.3, -0.25) is 9.59 Å². The quantitative estimate of drug-likeness (QED) is 0.887. The van der Waals surface area contributed by atoms with Crippen LogP contribution in [0.1, 0.15) is 24.8 Å². The summed E-state index contributed by atoms with van der Waals surface area (Å²) >= 11 is 6.09. The van der Waals surface area contributed by atoms with Crippen LogP contribution in [0.25, 0.3) is 0 Å². The van der Waals surface area contributed by atoms with Crippen LogP contribution < -0.4 is 10.6 Å². The number of rotatable bonds is 4. The van der Waals surface area contributed by atoms with E-state index in [1.807, 2.05) is 18.2 Å². The van der Waals surface area contributed by atoms with E-state index in [1.54, 1.807) is 6.07 Å². The molecule has 106 valence electrons. The van der Waals surface area contributed by atoms with Gasteiger partial charge >= 0.3 is 0 Å². The average molecular weight is 293 g/mol. The zero-order chi connectivity index (χ0) is 14.1. The highest BCUT2D eigenvalue weighted by Crippen LogP contribution is 2.34. The molecule has 1 aromatic carbocycles. The molecule has 1 saturated heterocycles. The van der Waals surface area contributed by atoms with E-state index >= 15 is 0 Å². The second-order valence-corrected chi connectivity index (χ2v) is 6.00. The molecule has 5 heteroatoms. The molecule has 0 aromatic heterocycles. The van der Waals surface area contributed by atoms with Crippen LogP contribution in [0, 0.1) is 5.92 Å². The molecule has 2 aliphatic rings. The van der Waals surface area contributed by atoms with E-state index in [-0.39, 0.29) is 17.9 Å². The van der Waals surface area contributed by atoms with Crippen molar-refractivity contribution in [2.45, 2.75) is 37.8 Å². The largest absolute Gasteiger partial charge is 0.342 e. The van der Waals surface area contributed by atoms with E-state index in [4.69, 9.17) is 11.6 Å². The monoisotopic (exact) mass is 292 g/mol. The highest BCUT2D eigenvalue weighted by molar-refractivity contribution is 6.31. The lowest BCUT2D eigenvalue weighted by molar-refractivity contribution is -0.137. The average Bonchev–Trinajstić information content (AvgIpc) is 3.22. The maximum absolute atomic E-state index is 12.1. The summed E-state index contributed by atoms with van der Waals surface area (Å²) in [6.45, 7) is 0. The van der Waals surface area contributed by atoms with Gasteiger partial charge in [-0.1, -0.05) is 42.6 Å². The van der Waals surface area contributed by atoms with Crippen LogP contribution >= 0.6 is 11.6 Å². The van der Waals surface area contributed by atoms with E-state index < -0.39 is 6.04 Å². The van der Waals surface area contributed by atoms with Crippen LogP contribution in [0.2, 0.25) is 5.02 Å². The highest BCUT2D eigenvalue weighted by atomic mass is 35.5. The van der Waals surface area contributed by atoms with Crippen LogP contribution in [0.15, 0.2) is 24.3 Å². The molecule has 20 heavy (non-hydrogen) atoms. The lowest BCUT2D eigenvalue weighted by Crippen LogP contribution is -2.62. The molecule has 0 bridgehead atoms. The maximum Gasteiger partial charge on any atom is 0.243 e. The molecule has 2 amide bonds. The fourth-order valence-electron chi connectivity index (χ4n) is 2.56. The number of nitrogens with one attached hydrogen (secondary N) is 2. The first kappa shape index (κ1) is 13.4. The molecule has 0 radical (unpaired) electrons. The summed E-state index contributed by atoms with van der Waals surface area (Å²) in [7, 11) is 0. The molecule has 4 nitrogen and oxygen atoms in total. The van der Waals surface area contributed by atoms with Gasteiger partial charge in [0.25, 0.3) is 0 Å². The van der Waals surface area contributed by atoms with Gasteiger partial charge in [-0.15, -0.1) is 0 Å². The lowest BCUT2D eigenvalue weighted by atomic mass is 10.00. The summed E-state index contributed by atoms with van der Waals surface area (Å²) in [6, 6.07) is 6.49. The molecule has 1 saturated carbocycles. The third-order valence-electron chi connectivity index (χ3n) is 3.91. The fraction of sp³-hybridized carbons (Fsp3) is 0.467. The van der Waals surface area contributed by atoms with Gasteiger partial charge in [-0.2, -0.15) is 0 Å². The van der Waals surface area contributed by atoms with Crippen molar-refractivity contribution < 1.29 is 9.59 Å². The summed E-state index contributed by atoms with van der Waals surface area (Å²) in [5.41, 5.74) is 0.871. The molecule has 2 N–H and O–H groups in total. The molecule has 2 atom stereocenters. The van der Waals surface area contributed by atoms with Crippen molar-refractivity contribution >= 4 is 23.4 Å². The summed E-state index contributed by atoms with van der Waals surface area (Å²) in [5, 5.41) is 6.27. The number of hydrogen-bond acceptors (Lipinski definition) is 2. The zero-order valence-electron chi connectivity index (χ0n) is 11.1. The van der Waals surface area contributed by atoms with Crippen molar-refractivity contribution in [3.63, 3.8) is 0 Å². The second kappa shape index (κ2) is 5.44. The Morgan fingerprint density at radius 1 is 1.05 bits per heavy atom. The van der Waals surface area contributed by atoms with Gasteiger partial charge in [0.2, 0.25) is 11.8 Å². The van der Waals surface area contributed by atoms with Gasteiger partial charge in [0, 0.05) is 11.4 Å². The van der Waals surface area contributed by atoms with Gasteiger partial charge in [-0.05, 0) is 24.0 Å². The van der Waals surface area contributed by atoms with Gasteiger partial charge < -0.3 is 10.6 Å². The SMILES string of the molecule is O=C1N[C@@H](CC2CC2)C(=O)NC1Cc1ccccc1Cl. The van der Waals surface area contributed by atoms with Crippen molar-refractivity contribution in [1.82, 2.24) is 10.6 Å². The third-order valence-corrected chi connectivity index (χ3v) is 4.28. The van der Waals surface area contributed by atoms with Crippen molar-refractivity contribution in [1.29, 1.82) is 0 Å². The molecule has 2 fully saturated rings. The second-order valence-electron chi connectivity index (χ2n) is 5.60. The lowest BCUT2D eigenvalue weighted by Gasteiger charge is -2.29. The molecule has 1 heterocycles. The molecule has 3 rings (SSSR count). The van der Waals surface area contributed by atoms with Crippen LogP contribution in [-0.2, 0) is 16.0 Å². The standard InChI is InChI=1S/C15H17ClN2O2/c16-11-4-2-1-3-10(11)8-13-15(20)17-12(14(19)18-13)7-9-5-6-9/h1-4,9,12-13H,5-8H2,(H,17,20)(H,18,19)/t12-,13?/m0/s1. The number of carbonyl (C=O) groups excluding carboxylic acids is 2. The summed E-state index contributed by atoms with van der Waals surface area (Å²) in [5.74, 6) is 0.412. The summed E-state index contributed by atoms with van der Waals surface area (Å²) < 4.78 is 0. The van der Waals surface area contributed by atoms with Crippen LogP contribution in [0.3, 0.4) is 0 Å². The molecule has 1 aromatic rings. The Morgan fingerprint density at radius 3 is 2.40 bits per heavy atom. The normalized spacial score (nSPS) is 26.1. The molecule has 1 aliphatic carbocycles. The third kappa shape index (κ3) is 2.96. The summed E-state index contributed by atoms with van der Waals surface area (Å²) in [4.78, 5) is 24.1. The predicted octanol–water partition coefficient (Wildman–Crippen LogP) is 1.67. The minimum atomic E-state index is -0.530. The Bertz CT molecular complexity index is 542. The van der Waals surface area contributed by atoms with Crippen molar-refractivity contribution in [2.24, 2.45) is 5.92 Å². The number of piperazine rings is 1. The Balaban J connectivity index is 1.65. The maximum atomic E-state index is 12.1. The number of benzene rings is 1. The van der Waals surface area contributed by atoms with Crippen LogP contribution in [0.5, 0.6) is 0 Å².